The van der Waals surface area contributed by atoms with Gasteiger partial charge in [-0.2, -0.15) is 0 Å². The van der Waals surface area contributed by atoms with Gasteiger partial charge in [-0.1, -0.05) is 45.9 Å². The second kappa shape index (κ2) is 6.08. The Morgan fingerprint density at radius 1 is 0.857 bits per heavy atom. The lowest BCUT2D eigenvalue weighted by molar-refractivity contribution is 0.471. The number of rotatable bonds is 4. The Labute approximate surface area is 126 Å². The molecular weight excluding hydrogens is 260 g/mol. The third kappa shape index (κ3) is 3.13. The molecule has 0 amide bonds. The fraction of sp³-hybridized carbons (Fsp3) is 0.333. The van der Waals surface area contributed by atoms with Gasteiger partial charge in [-0.3, -0.25) is 0 Å². The quantitative estimate of drug-likeness (QED) is 0.786. The van der Waals surface area contributed by atoms with Crippen LogP contribution in [0.15, 0.2) is 36.4 Å². The largest absolute Gasteiger partial charge is 0.457 e. The van der Waals surface area contributed by atoms with E-state index in [2.05, 4.69) is 27.7 Å². The molecule has 0 heterocycles. The summed E-state index contributed by atoms with van der Waals surface area (Å²) in [5.41, 5.74) is 15.8. The van der Waals surface area contributed by atoms with Gasteiger partial charge in [-0.05, 0) is 29.5 Å². The molecule has 0 aliphatic rings. The Balaban J connectivity index is 2.59. The zero-order chi connectivity index (χ0) is 15.6. The molecule has 0 radical (unpaired) electrons. The van der Waals surface area contributed by atoms with Crippen LogP contribution in [0.1, 0.15) is 50.7 Å². The summed E-state index contributed by atoms with van der Waals surface area (Å²) in [7, 11) is 0. The molecule has 0 bridgehead atoms. The first kappa shape index (κ1) is 15.2. The molecule has 2 aromatic rings. The molecule has 0 aliphatic heterocycles. The molecule has 0 spiro atoms. The maximum absolute atomic E-state index is 6.20. The standard InChI is InChI=1S/C18H24N2O/c1-11(2)16-15(21-13-8-6-5-7-9-13)10-14(19)18(20)17(16)12(3)4/h5-12H,19-20H2,1-4H3. The van der Waals surface area contributed by atoms with Crippen molar-refractivity contribution in [1.29, 1.82) is 0 Å². The third-order valence-corrected chi connectivity index (χ3v) is 3.57. The Bertz CT molecular complexity index is 619. The molecule has 3 nitrogen and oxygen atoms in total. The van der Waals surface area contributed by atoms with Crippen molar-refractivity contribution in [1.82, 2.24) is 0 Å². The van der Waals surface area contributed by atoms with Crippen molar-refractivity contribution in [2.75, 3.05) is 11.5 Å². The van der Waals surface area contributed by atoms with Crippen molar-refractivity contribution in [2.24, 2.45) is 0 Å². The SMILES string of the molecule is CC(C)c1c(Oc2ccccc2)cc(N)c(N)c1C(C)C. The van der Waals surface area contributed by atoms with Crippen LogP contribution in [0.5, 0.6) is 11.5 Å². The highest BCUT2D eigenvalue weighted by Gasteiger charge is 2.21. The van der Waals surface area contributed by atoms with Crippen LogP contribution in [0.4, 0.5) is 11.4 Å². The van der Waals surface area contributed by atoms with Crippen molar-refractivity contribution in [3.63, 3.8) is 0 Å². The number of ether oxygens (including phenoxy) is 1. The van der Waals surface area contributed by atoms with E-state index in [-0.39, 0.29) is 0 Å². The number of hydrogen-bond acceptors (Lipinski definition) is 3. The predicted octanol–water partition coefficient (Wildman–Crippen LogP) is 4.89. The Hall–Kier alpha value is -2.16. The van der Waals surface area contributed by atoms with Crippen LogP contribution in [-0.4, -0.2) is 0 Å². The minimum atomic E-state index is 0.295. The summed E-state index contributed by atoms with van der Waals surface area (Å²) in [6.07, 6.45) is 0. The number of hydrogen-bond donors (Lipinski definition) is 2. The lowest BCUT2D eigenvalue weighted by atomic mass is 9.87. The van der Waals surface area contributed by atoms with Crippen molar-refractivity contribution >= 4 is 11.4 Å². The third-order valence-electron chi connectivity index (χ3n) is 3.57. The Kier molecular flexibility index (Phi) is 4.41. The first-order valence-electron chi connectivity index (χ1n) is 7.36. The summed E-state index contributed by atoms with van der Waals surface area (Å²) in [6.45, 7) is 8.55. The van der Waals surface area contributed by atoms with E-state index < -0.39 is 0 Å². The van der Waals surface area contributed by atoms with Crippen LogP contribution in [0.2, 0.25) is 0 Å². The molecule has 21 heavy (non-hydrogen) atoms. The van der Waals surface area contributed by atoms with Crippen LogP contribution in [0, 0.1) is 0 Å². The van der Waals surface area contributed by atoms with Crippen LogP contribution < -0.4 is 16.2 Å². The molecule has 112 valence electrons. The average Bonchev–Trinajstić information content (AvgIpc) is 2.42. The van der Waals surface area contributed by atoms with Crippen molar-refractivity contribution in [3.05, 3.63) is 47.5 Å². The molecule has 0 saturated carbocycles. The topological polar surface area (TPSA) is 61.3 Å². The average molecular weight is 284 g/mol. The lowest BCUT2D eigenvalue weighted by Crippen LogP contribution is -2.09. The van der Waals surface area contributed by atoms with Crippen LogP contribution in [0.3, 0.4) is 0 Å². The summed E-state index contributed by atoms with van der Waals surface area (Å²) in [6, 6.07) is 11.6. The number of benzene rings is 2. The summed E-state index contributed by atoms with van der Waals surface area (Å²) >= 11 is 0. The van der Waals surface area contributed by atoms with E-state index in [0.29, 0.717) is 23.2 Å². The van der Waals surface area contributed by atoms with Gasteiger partial charge in [-0.25, -0.2) is 0 Å². The molecule has 0 atom stereocenters. The predicted molar refractivity (Wildman–Crippen MR) is 90.0 cm³/mol. The number of para-hydroxylation sites is 1. The molecule has 0 unspecified atom stereocenters. The first-order chi connectivity index (χ1) is 9.91. The summed E-state index contributed by atoms with van der Waals surface area (Å²) in [4.78, 5) is 0. The molecular formula is C18H24N2O. The summed E-state index contributed by atoms with van der Waals surface area (Å²) in [5.74, 6) is 2.21. The fourth-order valence-electron chi connectivity index (χ4n) is 2.65. The van der Waals surface area contributed by atoms with Gasteiger partial charge in [-0.15, -0.1) is 0 Å². The zero-order valence-electron chi connectivity index (χ0n) is 13.2. The molecule has 2 aromatic carbocycles. The summed E-state index contributed by atoms with van der Waals surface area (Å²) < 4.78 is 6.06. The second-order valence-electron chi connectivity index (χ2n) is 5.93. The van der Waals surface area contributed by atoms with E-state index in [9.17, 15) is 0 Å². The van der Waals surface area contributed by atoms with Gasteiger partial charge in [0.1, 0.15) is 11.5 Å². The maximum Gasteiger partial charge on any atom is 0.133 e. The lowest BCUT2D eigenvalue weighted by Gasteiger charge is -2.23. The van der Waals surface area contributed by atoms with Gasteiger partial charge in [0.2, 0.25) is 0 Å². The van der Waals surface area contributed by atoms with Crippen LogP contribution >= 0.6 is 0 Å². The van der Waals surface area contributed by atoms with Crippen molar-refractivity contribution in [2.45, 2.75) is 39.5 Å². The molecule has 0 fully saturated rings. The Morgan fingerprint density at radius 2 is 1.43 bits per heavy atom. The van der Waals surface area contributed by atoms with Gasteiger partial charge in [0.05, 0.1) is 11.4 Å². The van der Waals surface area contributed by atoms with E-state index in [1.165, 1.54) is 0 Å². The molecule has 4 N–H and O–H groups in total. The molecule has 0 saturated heterocycles. The van der Waals surface area contributed by atoms with Gasteiger partial charge in [0, 0.05) is 11.6 Å². The van der Waals surface area contributed by atoms with Crippen LogP contribution in [0.25, 0.3) is 0 Å². The smallest absolute Gasteiger partial charge is 0.133 e. The summed E-state index contributed by atoms with van der Waals surface area (Å²) in [5, 5.41) is 0. The second-order valence-corrected chi connectivity index (χ2v) is 5.93. The van der Waals surface area contributed by atoms with E-state index in [1.54, 1.807) is 0 Å². The van der Waals surface area contributed by atoms with Crippen molar-refractivity contribution < 1.29 is 4.74 Å². The minimum absolute atomic E-state index is 0.295. The fourth-order valence-corrected chi connectivity index (χ4v) is 2.65. The van der Waals surface area contributed by atoms with Gasteiger partial charge in [0.25, 0.3) is 0 Å². The van der Waals surface area contributed by atoms with Crippen LogP contribution in [-0.2, 0) is 0 Å². The number of nitrogen functional groups attached to an aromatic ring is 2. The van der Waals surface area contributed by atoms with E-state index in [0.717, 1.165) is 22.6 Å². The zero-order valence-corrected chi connectivity index (χ0v) is 13.2. The monoisotopic (exact) mass is 284 g/mol. The highest BCUT2D eigenvalue weighted by Crippen LogP contribution is 2.42. The first-order valence-corrected chi connectivity index (χ1v) is 7.36. The van der Waals surface area contributed by atoms with E-state index >= 15 is 0 Å². The molecule has 3 heteroatoms. The van der Waals surface area contributed by atoms with Gasteiger partial charge >= 0.3 is 0 Å². The minimum Gasteiger partial charge on any atom is -0.457 e. The molecule has 0 aromatic heterocycles. The van der Waals surface area contributed by atoms with Gasteiger partial charge in [0.15, 0.2) is 0 Å². The maximum atomic E-state index is 6.20. The van der Waals surface area contributed by atoms with Gasteiger partial charge < -0.3 is 16.2 Å². The van der Waals surface area contributed by atoms with Crippen molar-refractivity contribution in [3.8, 4) is 11.5 Å². The Morgan fingerprint density at radius 3 is 1.95 bits per heavy atom. The van der Waals surface area contributed by atoms with E-state index in [1.807, 2.05) is 36.4 Å². The molecule has 2 rings (SSSR count). The number of anilines is 2. The molecule has 0 aliphatic carbocycles. The number of nitrogens with two attached hydrogens (primary N) is 2. The highest BCUT2D eigenvalue weighted by atomic mass is 16.5. The van der Waals surface area contributed by atoms with E-state index in [4.69, 9.17) is 16.2 Å². The normalized spacial score (nSPS) is 11.1. The highest BCUT2D eigenvalue weighted by molar-refractivity contribution is 5.74.